The molecule has 0 aliphatic rings. The molecule has 1 aromatic carbocycles. The lowest BCUT2D eigenvalue weighted by Gasteiger charge is -2.07. The summed E-state index contributed by atoms with van der Waals surface area (Å²) in [6.45, 7) is 0. The number of hydrogen-bond donors (Lipinski definition) is 1. The molecule has 2 aromatic rings. The van der Waals surface area contributed by atoms with Crippen LogP contribution < -0.4 is 5.32 Å². The molecule has 0 bridgehead atoms. The van der Waals surface area contributed by atoms with Gasteiger partial charge in [0.1, 0.15) is 0 Å². The van der Waals surface area contributed by atoms with E-state index in [9.17, 15) is 18.0 Å². The molecule has 0 saturated heterocycles. The zero-order valence-corrected chi connectivity index (χ0v) is 12.8. The van der Waals surface area contributed by atoms with E-state index in [4.69, 9.17) is 11.6 Å². The van der Waals surface area contributed by atoms with Crippen LogP contribution in [0.2, 0.25) is 4.34 Å². The SMILES string of the molecule is O=C(CSCc1ccc(Cl)s1)Nc1ccc(F)c(F)c1F. The monoisotopic (exact) mass is 351 g/mol. The summed E-state index contributed by atoms with van der Waals surface area (Å²) in [6, 6.07) is 5.36. The number of nitrogens with one attached hydrogen (secondary N) is 1. The number of carbonyl (C=O) groups excluding carboxylic acids is 1. The molecule has 0 unspecified atom stereocenters. The van der Waals surface area contributed by atoms with Crippen molar-refractivity contribution in [3.05, 3.63) is 50.9 Å². The Morgan fingerprint density at radius 3 is 2.62 bits per heavy atom. The highest BCUT2D eigenvalue weighted by Gasteiger charge is 2.15. The predicted molar refractivity (Wildman–Crippen MR) is 80.4 cm³/mol. The summed E-state index contributed by atoms with van der Waals surface area (Å²) < 4.78 is 39.8. The molecule has 0 atom stereocenters. The Morgan fingerprint density at radius 1 is 1.19 bits per heavy atom. The first kappa shape index (κ1) is 16.2. The third kappa shape index (κ3) is 4.39. The average Bonchev–Trinajstić information content (AvgIpc) is 2.85. The lowest BCUT2D eigenvalue weighted by molar-refractivity contribution is -0.113. The Bertz CT molecular complexity index is 663. The van der Waals surface area contributed by atoms with Gasteiger partial charge in [-0.15, -0.1) is 23.1 Å². The Morgan fingerprint density at radius 2 is 1.95 bits per heavy atom. The lowest BCUT2D eigenvalue weighted by Crippen LogP contribution is -2.16. The fourth-order valence-electron chi connectivity index (χ4n) is 1.48. The zero-order valence-electron chi connectivity index (χ0n) is 10.5. The van der Waals surface area contributed by atoms with Crippen LogP contribution in [0.5, 0.6) is 0 Å². The molecule has 0 radical (unpaired) electrons. The second-order valence-electron chi connectivity index (χ2n) is 3.97. The molecule has 0 saturated carbocycles. The topological polar surface area (TPSA) is 29.1 Å². The highest BCUT2D eigenvalue weighted by molar-refractivity contribution is 7.99. The number of halogens is 4. The van der Waals surface area contributed by atoms with Gasteiger partial charge < -0.3 is 5.32 Å². The minimum Gasteiger partial charge on any atom is -0.323 e. The number of benzene rings is 1. The van der Waals surface area contributed by atoms with E-state index in [0.717, 1.165) is 17.0 Å². The van der Waals surface area contributed by atoms with Crippen molar-refractivity contribution in [2.45, 2.75) is 5.75 Å². The van der Waals surface area contributed by atoms with E-state index in [-0.39, 0.29) is 11.4 Å². The quantitative estimate of drug-likeness (QED) is 0.792. The maximum Gasteiger partial charge on any atom is 0.234 e. The number of thiophene rings is 1. The van der Waals surface area contributed by atoms with E-state index < -0.39 is 23.4 Å². The first-order valence-corrected chi connectivity index (χ1v) is 8.07. The van der Waals surface area contributed by atoms with Crippen LogP contribution in [0.3, 0.4) is 0 Å². The first-order chi connectivity index (χ1) is 9.97. The van der Waals surface area contributed by atoms with Gasteiger partial charge in [0.2, 0.25) is 5.91 Å². The van der Waals surface area contributed by atoms with Gasteiger partial charge in [0.25, 0.3) is 0 Å². The molecule has 0 spiro atoms. The second kappa shape index (κ2) is 7.20. The minimum absolute atomic E-state index is 0.0634. The molecule has 1 N–H and O–H groups in total. The van der Waals surface area contributed by atoms with Gasteiger partial charge in [-0.3, -0.25) is 4.79 Å². The summed E-state index contributed by atoms with van der Waals surface area (Å²) in [4.78, 5) is 12.6. The van der Waals surface area contributed by atoms with E-state index >= 15 is 0 Å². The highest BCUT2D eigenvalue weighted by Crippen LogP contribution is 2.25. The molecule has 112 valence electrons. The van der Waals surface area contributed by atoms with Crippen molar-refractivity contribution in [1.29, 1.82) is 0 Å². The minimum atomic E-state index is -1.60. The van der Waals surface area contributed by atoms with Crippen molar-refractivity contribution in [1.82, 2.24) is 0 Å². The highest BCUT2D eigenvalue weighted by atomic mass is 35.5. The Kier molecular flexibility index (Phi) is 5.55. The normalized spacial score (nSPS) is 10.7. The van der Waals surface area contributed by atoms with Crippen molar-refractivity contribution in [2.24, 2.45) is 0 Å². The fraction of sp³-hybridized carbons (Fsp3) is 0.154. The van der Waals surface area contributed by atoms with Crippen LogP contribution in [0.4, 0.5) is 18.9 Å². The standard InChI is InChI=1S/C13H9ClF3NOS2/c14-10-4-1-7(21-10)5-20-6-11(19)18-9-3-2-8(15)12(16)13(9)17/h1-4H,5-6H2,(H,18,19). The van der Waals surface area contributed by atoms with Crippen LogP contribution in [0.25, 0.3) is 0 Å². The maximum absolute atomic E-state index is 13.4. The van der Waals surface area contributed by atoms with E-state index in [1.807, 2.05) is 6.07 Å². The summed E-state index contributed by atoms with van der Waals surface area (Å²) in [5, 5.41) is 2.21. The van der Waals surface area contributed by atoms with Crippen molar-refractivity contribution in [3.63, 3.8) is 0 Å². The fourth-order valence-corrected chi connectivity index (χ4v) is 3.51. The van der Waals surface area contributed by atoms with E-state index in [1.54, 1.807) is 6.07 Å². The summed E-state index contributed by atoms with van der Waals surface area (Å²) in [5.41, 5.74) is -0.376. The van der Waals surface area contributed by atoms with Crippen LogP contribution in [-0.4, -0.2) is 11.7 Å². The number of amides is 1. The maximum atomic E-state index is 13.4. The Balaban J connectivity index is 1.86. The average molecular weight is 352 g/mol. The second-order valence-corrected chi connectivity index (χ2v) is 6.75. The molecule has 21 heavy (non-hydrogen) atoms. The molecule has 0 aliphatic carbocycles. The van der Waals surface area contributed by atoms with Gasteiger partial charge in [-0.1, -0.05) is 11.6 Å². The number of thioether (sulfide) groups is 1. The van der Waals surface area contributed by atoms with Crippen molar-refractivity contribution in [2.75, 3.05) is 11.1 Å². The van der Waals surface area contributed by atoms with Crippen LogP contribution in [-0.2, 0) is 10.5 Å². The summed E-state index contributed by atoms with van der Waals surface area (Å²) in [7, 11) is 0. The molecule has 2 rings (SSSR count). The van der Waals surface area contributed by atoms with Crippen LogP contribution >= 0.6 is 34.7 Å². The lowest BCUT2D eigenvalue weighted by atomic mass is 10.3. The van der Waals surface area contributed by atoms with E-state index in [0.29, 0.717) is 10.1 Å². The Labute approximate surface area is 132 Å². The van der Waals surface area contributed by atoms with Gasteiger partial charge in [-0.05, 0) is 24.3 Å². The van der Waals surface area contributed by atoms with E-state index in [1.165, 1.54) is 23.1 Å². The van der Waals surface area contributed by atoms with Gasteiger partial charge in [0.05, 0.1) is 15.8 Å². The van der Waals surface area contributed by atoms with Crippen LogP contribution in [0, 0.1) is 17.5 Å². The molecule has 1 amide bonds. The molecule has 1 heterocycles. The van der Waals surface area contributed by atoms with Crippen LogP contribution in [0.15, 0.2) is 24.3 Å². The largest absolute Gasteiger partial charge is 0.323 e. The van der Waals surface area contributed by atoms with Crippen molar-refractivity contribution < 1.29 is 18.0 Å². The van der Waals surface area contributed by atoms with Gasteiger partial charge in [-0.2, -0.15) is 0 Å². The summed E-state index contributed by atoms with van der Waals surface area (Å²) in [6.07, 6.45) is 0. The summed E-state index contributed by atoms with van der Waals surface area (Å²) in [5.74, 6) is -4.15. The third-order valence-electron chi connectivity index (χ3n) is 2.42. The zero-order chi connectivity index (χ0) is 15.4. The van der Waals surface area contributed by atoms with Gasteiger partial charge in [0.15, 0.2) is 17.5 Å². The number of rotatable bonds is 5. The number of carbonyl (C=O) groups is 1. The molecular weight excluding hydrogens is 343 g/mol. The summed E-state index contributed by atoms with van der Waals surface area (Å²) >= 11 is 8.50. The van der Waals surface area contributed by atoms with Crippen molar-refractivity contribution >= 4 is 46.3 Å². The molecule has 1 aromatic heterocycles. The molecule has 0 aliphatic heterocycles. The Hall–Kier alpha value is -1.18. The van der Waals surface area contributed by atoms with Crippen molar-refractivity contribution in [3.8, 4) is 0 Å². The van der Waals surface area contributed by atoms with Gasteiger partial charge in [0, 0.05) is 10.6 Å². The first-order valence-electron chi connectivity index (χ1n) is 5.72. The smallest absolute Gasteiger partial charge is 0.234 e. The molecule has 8 heteroatoms. The number of anilines is 1. The predicted octanol–water partition coefficient (Wildman–Crippen LogP) is 4.69. The van der Waals surface area contributed by atoms with Gasteiger partial charge in [-0.25, -0.2) is 13.2 Å². The number of hydrogen-bond acceptors (Lipinski definition) is 3. The molecular formula is C13H9ClF3NOS2. The van der Waals surface area contributed by atoms with Gasteiger partial charge >= 0.3 is 0 Å². The van der Waals surface area contributed by atoms with Crippen LogP contribution in [0.1, 0.15) is 4.88 Å². The molecule has 0 fully saturated rings. The third-order valence-corrected chi connectivity index (χ3v) is 4.81. The molecule has 2 nitrogen and oxygen atoms in total. The van der Waals surface area contributed by atoms with E-state index in [2.05, 4.69) is 5.32 Å².